The maximum Gasteiger partial charge on any atom is 0.125 e. The van der Waals surface area contributed by atoms with E-state index in [1.165, 1.54) is 22.4 Å². The fourth-order valence-corrected chi connectivity index (χ4v) is 1.72. The molecular formula is C17H31N3. The van der Waals surface area contributed by atoms with Crippen molar-refractivity contribution < 1.29 is 0 Å². The molecular weight excluding hydrogens is 246 g/mol. The molecule has 1 aromatic heterocycles. The smallest absolute Gasteiger partial charge is 0.125 e. The van der Waals surface area contributed by atoms with Gasteiger partial charge in [-0.1, -0.05) is 14.9 Å². The van der Waals surface area contributed by atoms with Crippen LogP contribution in [0.25, 0.3) is 0 Å². The molecule has 0 saturated heterocycles. The van der Waals surface area contributed by atoms with Crippen molar-refractivity contribution in [3.05, 3.63) is 33.9 Å². The Balaban J connectivity index is 0. The molecule has 0 unspecified atom stereocenters. The van der Waals surface area contributed by atoms with Crippen LogP contribution in [-0.2, 0) is 0 Å². The van der Waals surface area contributed by atoms with E-state index in [0.29, 0.717) is 0 Å². The van der Waals surface area contributed by atoms with Crippen LogP contribution in [0.15, 0.2) is 16.1 Å². The van der Waals surface area contributed by atoms with Crippen molar-refractivity contribution in [2.45, 2.75) is 63.3 Å². The van der Waals surface area contributed by atoms with Crippen LogP contribution in [0.1, 0.15) is 58.4 Å². The standard InChI is InChI=1S/C8H12N2.C7H11N.2CH4/c1-5-6(2)9-8(4)10-7(5)3;1-5-4-8-7(3)6(5)2;;/h1-4H3;4H2,1-3H3;2*1H4. The van der Waals surface area contributed by atoms with E-state index < -0.39 is 0 Å². The van der Waals surface area contributed by atoms with Crippen LogP contribution in [0.4, 0.5) is 0 Å². The van der Waals surface area contributed by atoms with Crippen LogP contribution < -0.4 is 0 Å². The molecule has 0 saturated carbocycles. The second-order valence-electron chi connectivity index (χ2n) is 4.87. The summed E-state index contributed by atoms with van der Waals surface area (Å²) in [6.07, 6.45) is 0. The highest BCUT2D eigenvalue weighted by atomic mass is 14.9. The average molecular weight is 277 g/mol. The number of allylic oxidation sites excluding steroid dienone is 1. The Morgan fingerprint density at radius 2 is 1.20 bits per heavy atom. The van der Waals surface area contributed by atoms with E-state index in [0.717, 1.165) is 23.8 Å². The van der Waals surface area contributed by atoms with Gasteiger partial charge < -0.3 is 0 Å². The molecule has 0 aromatic carbocycles. The highest BCUT2D eigenvalue weighted by Gasteiger charge is 2.05. The second kappa shape index (κ2) is 8.62. The molecule has 0 amide bonds. The largest absolute Gasteiger partial charge is 0.285 e. The lowest BCUT2D eigenvalue weighted by atomic mass is 10.1. The third kappa shape index (κ3) is 5.24. The predicted molar refractivity (Wildman–Crippen MR) is 90.8 cm³/mol. The van der Waals surface area contributed by atoms with E-state index in [1.54, 1.807) is 0 Å². The number of aliphatic imine (C=N–C) groups is 1. The SMILES string of the molecule is C.C.CC1=NCC(C)=C1C.Cc1nc(C)c(C)c(C)n1. The number of rotatable bonds is 0. The van der Waals surface area contributed by atoms with Crippen molar-refractivity contribution in [2.75, 3.05) is 6.54 Å². The van der Waals surface area contributed by atoms with Crippen molar-refractivity contribution in [3.63, 3.8) is 0 Å². The number of aryl methyl sites for hydroxylation is 3. The van der Waals surface area contributed by atoms with Gasteiger partial charge in [-0.15, -0.1) is 0 Å². The fourth-order valence-electron chi connectivity index (χ4n) is 1.72. The van der Waals surface area contributed by atoms with Gasteiger partial charge in [-0.2, -0.15) is 0 Å². The Morgan fingerprint density at radius 1 is 0.750 bits per heavy atom. The van der Waals surface area contributed by atoms with Crippen molar-refractivity contribution >= 4 is 5.71 Å². The molecule has 0 spiro atoms. The average Bonchev–Trinajstić information content (AvgIpc) is 2.58. The third-order valence-electron chi connectivity index (χ3n) is 3.48. The van der Waals surface area contributed by atoms with Gasteiger partial charge in [0.15, 0.2) is 0 Å². The molecule has 2 heterocycles. The van der Waals surface area contributed by atoms with E-state index in [1.807, 2.05) is 27.7 Å². The van der Waals surface area contributed by atoms with Gasteiger partial charge in [0.05, 0.1) is 6.54 Å². The van der Waals surface area contributed by atoms with Crippen molar-refractivity contribution in [1.29, 1.82) is 0 Å². The summed E-state index contributed by atoms with van der Waals surface area (Å²) in [4.78, 5) is 12.7. The van der Waals surface area contributed by atoms with Crippen molar-refractivity contribution in [3.8, 4) is 0 Å². The van der Waals surface area contributed by atoms with Gasteiger partial charge in [0, 0.05) is 17.1 Å². The maximum atomic E-state index is 4.24. The molecule has 3 heteroatoms. The summed E-state index contributed by atoms with van der Waals surface area (Å²) in [6, 6.07) is 0. The van der Waals surface area contributed by atoms with Crippen molar-refractivity contribution in [1.82, 2.24) is 9.97 Å². The van der Waals surface area contributed by atoms with E-state index in [9.17, 15) is 0 Å². The molecule has 0 bridgehead atoms. The number of nitrogens with zero attached hydrogens (tertiary/aromatic N) is 3. The van der Waals surface area contributed by atoms with Gasteiger partial charge in [0.2, 0.25) is 0 Å². The number of aromatic nitrogens is 2. The van der Waals surface area contributed by atoms with Gasteiger partial charge in [0.25, 0.3) is 0 Å². The first-order valence-electron chi connectivity index (χ1n) is 6.29. The quantitative estimate of drug-likeness (QED) is 0.684. The van der Waals surface area contributed by atoms with Gasteiger partial charge in [-0.3, -0.25) is 4.99 Å². The van der Waals surface area contributed by atoms with E-state index in [4.69, 9.17) is 0 Å². The highest BCUT2D eigenvalue weighted by Crippen LogP contribution is 2.12. The van der Waals surface area contributed by atoms with Crippen LogP contribution in [0.5, 0.6) is 0 Å². The minimum Gasteiger partial charge on any atom is -0.285 e. The van der Waals surface area contributed by atoms with Crippen LogP contribution in [0.2, 0.25) is 0 Å². The van der Waals surface area contributed by atoms with E-state index in [2.05, 4.69) is 35.7 Å². The summed E-state index contributed by atoms with van der Waals surface area (Å²) in [5, 5.41) is 0. The molecule has 1 aliphatic rings. The van der Waals surface area contributed by atoms with Gasteiger partial charge in [-0.25, -0.2) is 9.97 Å². The molecule has 0 fully saturated rings. The minimum atomic E-state index is 0. The lowest BCUT2D eigenvalue weighted by Gasteiger charge is -2.02. The molecule has 2 rings (SSSR count). The topological polar surface area (TPSA) is 38.1 Å². The first-order chi connectivity index (χ1) is 8.32. The molecule has 3 nitrogen and oxygen atoms in total. The second-order valence-corrected chi connectivity index (χ2v) is 4.87. The maximum absolute atomic E-state index is 4.24. The lowest BCUT2D eigenvalue weighted by Crippen LogP contribution is -1.97. The van der Waals surface area contributed by atoms with Crippen LogP contribution in [-0.4, -0.2) is 22.2 Å². The summed E-state index contributed by atoms with van der Waals surface area (Å²) in [6.45, 7) is 15.2. The normalized spacial score (nSPS) is 12.8. The molecule has 0 atom stereocenters. The monoisotopic (exact) mass is 277 g/mol. The van der Waals surface area contributed by atoms with E-state index in [-0.39, 0.29) is 14.9 Å². The predicted octanol–water partition coefficient (Wildman–Crippen LogP) is 4.78. The van der Waals surface area contributed by atoms with Crippen molar-refractivity contribution in [2.24, 2.45) is 4.99 Å². The fraction of sp³-hybridized carbons (Fsp3) is 0.588. The van der Waals surface area contributed by atoms with Crippen LogP contribution >= 0.6 is 0 Å². The van der Waals surface area contributed by atoms with Gasteiger partial charge in [-0.05, 0) is 65.2 Å². The summed E-state index contributed by atoms with van der Waals surface area (Å²) in [7, 11) is 0. The molecule has 0 N–H and O–H groups in total. The van der Waals surface area contributed by atoms with Crippen LogP contribution in [0.3, 0.4) is 0 Å². The third-order valence-corrected chi connectivity index (χ3v) is 3.48. The molecule has 1 aliphatic heterocycles. The van der Waals surface area contributed by atoms with Crippen LogP contribution in [0, 0.1) is 27.7 Å². The zero-order valence-electron chi connectivity index (χ0n) is 12.5. The summed E-state index contributed by atoms with van der Waals surface area (Å²) < 4.78 is 0. The molecule has 0 aliphatic carbocycles. The Labute approximate surface area is 125 Å². The molecule has 20 heavy (non-hydrogen) atoms. The Morgan fingerprint density at radius 3 is 1.45 bits per heavy atom. The van der Waals surface area contributed by atoms with Gasteiger partial charge >= 0.3 is 0 Å². The molecule has 114 valence electrons. The summed E-state index contributed by atoms with van der Waals surface area (Å²) in [5.74, 6) is 0.862. The number of hydrogen-bond acceptors (Lipinski definition) is 3. The Hall–Kier alpha value is -1.51. The first kappa shape index (κ1) is 20.8. The summed E-state index contributed by atoms with van der Waals surface area (Å²) in [5.41, 5.74) is 7.38. The molecule has 1 aromatic rings. The first-order valence-corrected chi connectivity index (χ1v) is 6.29. The lowest BCUT2D eigenvalue weighted by molar-refractivity contribution is 0.948. The highest BCUT2D eigenvalue weighted by molar-refractivity contribution is 6.00. The Kier molecular flexibility index (Phi) is 8.96. The minimum absolute atomic E-state index is 0. The Bertz CT molecular complexity index is 482. The van der Waals surface area contributed by atoms with Gasteiger partial charge in [0.1, 0.15) is 5.82 Å². The zero-order valence-corrected chi connectivity index (χ0v) is 12.5. The van der Waals surface area contributed by atoms with E-state index >= 15 is 0 Å². The summed E-state index contributed by atoms with van der Waals surface area (Å²) >= 11 is 0. The molecule has 0 radical (unpaired) electrons. The zero-order chi connectivity index (χ0) is 13.9. The number of hydrogen-bond donors (Lipinski definition) is 0.